The van der Waals surface area contributed by atoms with E-state index in [-0.39, 0.29) is 17.2 Å². The number of carbonyl (C=O) groups excluding carboxylic acids is 3. The van der Waals surface area contributed by atoms with Crippen molar-refractivity contribution in [2.75, 3.05) is 7.11 Å². The number of amides is 2. The SMILES string of the molecule is COc1ccc(/C=C2\SC(=O)N(Cc3ccc(Cl)cc3Cl)C2=O)cc1OC(=O)c1ccc(C)cc1. The Morgan fingerprint density at radius 3 is 2.43 bits per heavy atom. The maximum atomic E-state index is 12.9. The van der Waals surface area contributed by atoms with E-state index in [2.05, 4.69) is 0 Å². The number of benzene rings is 3. The summed E-state index contributed by atoms with van der Waals surface area (Å²) in [6.45, 7) is 1.95. The van der Waals surface area contributed by atoms with Crippen molar-refractivity contribution >= 4 is 58.2 Å². The molecule has 0 N–H and O–H groups in total. The number of rotatable bonds is 6. The highest BCUT2D eigenvalue weighted by Gasteiger charge is 2.35. The second kappa shape index (κ2) is 10.6. The van der Waals surface area contributed by atoms with E-state index in [9.17, 15) is 14.4 Å². The van der Waals surface area contributed by atoms with Crippen LogP contribution in [0.5, 0.6) is 11.5 Å². The zero-order chi connectivity index (χ0) is 25.1. The molecule has 1 fully saturated rings. The van der Waals surface area contributed by atoms with Crippen LogP contribution >= 0.6 is 35.0 Å². The maximum absolute atomic E-state index is 12.9. The topological polar surface area (TPSA) is 72.9 Å². The minimum atomic E-state index is -0.541. The Labute approximate surface area is 216 Å². The molecule has 3 aromatic carbocycles. The fourth-order valence-corrected chi connectivity index (χ4v) is 4.63. The number of aryl methyl sites for hydroxylation is 1. The summed E-state index contributed by atoms with van der Waals surface area (Å²) in [5, 5.41) is 0.425. The number of hydrogen-bond donors (Lipinski definition) is 0. The third kappa shape index (κ3) is 5.70. The van der Waals surface area contributed by atoms with E-state index in [1.807, 2.05) is 19.1 Å². The number of esters is 1. The number of ether oxygens (including phenoxy) is 2. The molecule has 1 aliphatic heterocycles. The van der Waals surface area contributed by atoms with E-state index in [0.717, 1.165) is 22.2 Å². The predicted molar refractivity (Wildman–Crippen MR) is 137 cm³/mol. The molecule has 1 heterocycles. The van der Waals surface area contributed by atoms with Crippen LogP contribution in [-0.2, 0) is 11.3 Å². The van der Waals surface area contributed by atoms with Gasteiger partial charge in [-0.15, -0.1) is 0 Å². The van der Waals surface area contributed by atoms with E-state index >= 15 is 0 Å². The Balaban J connectivity index is 1.56. The average Bonchev–Trinajstić information content (AvgIpc) is 3.08. The van der Waals surface area contributed by atoms with Gasteiger partial charge in [-0.2, -0.15) is 0 Å². The first kappa shape index (κ1) is 24.9. The van der Waals surface area contributed by atoms with E-state index < -0.39 is 17.1 Å². The van der Waals surface area contributed by atoms with Crippen LogP contribution in [0.3, 0.4) is 0 Å². The largest absolute Gasteiger partial charge is 0.493 e. The van der Waals surface area contributed by atoms with Gasteiger partial charge in [0.05, 0.1) is 24.1 Å². The van der Waals surface area contributed by atoms with Gasteiger partial charge >= 0.3 is 5.97 Å². The van der Waals surface area contributed by atoms with Crippen molar-refractivity contribution in [2.24, 2.45) is 0 Å². The van der Waals surface area contributed by atoms with Crippen LogP contribution in [-0.4, -0.2) is 29.1 Å². The predicted octanol–water partition coefficient (Wildman–Crippen LogP) is 6.77. The Hall–Kier alpha value is -3.26. The summed E-state index contributed by atoms with van der Waals surface area (Å²) >= 11 is 12.9. The second-order valence-electron chi connectivity index (χ2n) is 7.67. The third-order valence-electron chi connectivity index (χ3n) is 5.19. The standard InChI is InChI=1S/C26H19Cl2NO5S/c1-15-3-6-17(7-4-15)25(31)34-22-11-16(5-10-21(22)33-2)12-23-24(30)29(26(32)35-23)14-18-8-9-19(27)13-20(18)28/h3-13H,14H2,1-2H3/b23-12-. The van der Waals surface area contributed by atoms with Gasteiger partial charge in [-0.1, -0.05) is 53.0 Å². The summed E-state index contributed by atoms with van der Waals surface area (Å²) in [5.41, 5.74) is 2.58. The molecule has 0 spiro atoms. The lowest BCUT2D eigenvalue weighted by Crippen LogP contribution is -2.27. The fraction of sp³-hybridized carbons (Fsp3) is 0.115. The molecule has 9 heteroatoms. The summed E-state index contributed by atoms with van der Waals surface area (Å²) < 4.78 is 10.9. The van der Waals surface area contributed by atoms with Crippen LogP contribution in [0.4, 0.5) is 4.79 Å². The van der Waals surface area contributed by atoms with Crippen molar-refractivity contribution in [3.63, 3.8) is 0 Å². The summed E-state index contributed by atoms with van der Waals surface area (Å²) in [6.07, 6.45) is 1.57. The van der Waals surface area contributed by atoms with Crippen LogP contribution < -0.4 is 9.47 Å². The maximum Gasteiger partial charge on any atom is 0.343 e. The van der Waals surface area contributed by atoms with E-state index in [1.165, 1.54) is 7.11 Å². The normalized spacial score (nSPS) is 14.5. The summed E-state index contributed by atoms with van der Waals surface area (Å²) in [4.78, 5) is 39.4. The molecular formula is C26H19Cl2NO5S. The minimum absolute atomic E-state index is 0.0278. The zero-order valence-corrected chi connectivity index (χ0v) is 21.0. The van der Waals surface area contributed by atoms with Gasteiger partial charge in [0, 0.05) is 10.0 Å². The molecule has 178 valence electrons. The molecule has 0 bridgehead atoms. The van der Waals surface area contributed by atoms with E-state index in [4.69, 9.17) is 32.7 Å². The lowest BCUT2D eigenvalue weighted by atomic mass is 10.1. The first-order valence-corrected chi connectivity index (χ1v) is 12.0. The van der Waals surface area contributed by atoms with Crippen molar-refractivity contribution in [2.45, 2.75) is 13.5 Å². The molecule has 0 saturated carbocycles. The highest BCUT2D eigenvalue weighted by Crippen LogP contribution is 2.36. The number of carbonyl (C=O) groups is 3. The number of imide groups is 1. The van der Waals surface area contributed by atoms with Crippen LogP contribution in [0, 0.1) is 6.92 Å². The van der Waals surface area contributed by atoms with Crippen molar-refractivity contribution in [1.29, 1.82) is 0 Å². The second-order valence-corrected chi connectivity index (χ2v) is 9.51. The molecule has 2 amide bonds. The van der Waals surface area contributed by atoms with Crippen molar-refractivity contribution < 1.29 is 23.9 Å². The number of thioether (sulfide) groups is 1. The Bertz CT molecular complexity index is 1350. The zero-order valence-electron chi connectivity index (χ0n) is 18.7. The van der Waals surface area contributed by atoms with Crippen molar-refractivity contribution in [3.8, 4) is 11.5 Å². The third-order valence-corrected chi connectivity index (χ3v) is 6.69. The Morgan fingerprint density at radius 2 is 1.74 bits per heavy atom. The molecular weight excluding hydrogens is 509 g/mol. The van der Waals surface area contributed by atoms with Crippen molar-refractivity contribution in [1.82, 2.24) is 4.90 Å². The van der Waals surface area contributed by atoms with Crippen LogP contribution in [0.2, 0.25) is 10.0 Å². The van der Waals surface area contributed by atoms with Crippen LogP contribution in [0.1, 0.15) is 27.0 Å². The van der Waals surface area contributed by atoms with Crippen LogP contribution in [0.15, 0.2) is 65.6 Å². The Kier molecular flexibility index (Phi) is 7.50. The van der Waals surface area contributed by atoms with Gasteiger partial charge < -0.3 is 9.47 Å². The number of methoxy groups -OCH3 is 1. The quantitative estimate of drug-likeness (QED) is 0.200. The van der Waals surface area contributed by atoms with Gasteiger partial charge in [0.25, 0.3) is 11.1 Å². The molecule has 0 atom stereocenters. The van der Waals surface area contributed by atoms with Gasteiger partial charge in [0.15, 0.2) is 11.5 Å². The lowest BCUT2D eigenvalue weighted by molar-refractivity contribution is -0.123. The summed E-state index contributed by atoms with van der Waals surface area (Å²) in [6, 6.07) is 16.8. The highest BCUT2D eigenvalue weighted by molar-refractivity contribution is 8.18. The summed E-state index contributed by atoms with van der Waals surface area (Å²) in [7, 11) is 1.46. The molecule has 1 aliphatic rings. The van der Waals surface area contributed by atoms with Gasteiger partial charge in [0.2, 0.25) is 0 Å². The number of halogens is 2. The van der Waals surface area contributed by atoms with E-state index in [1.54, 1.807) is 54.6 Å². The number of hydrogen-bond acceptors (Lipinski definition) is 6. The van der Waals surface area contributed by atoms with Gasteiger partial charge in [-0.3, -0.25) is 14.5 Å². The smallest absolute Gasteiger partial charge is 0.343 e. The van der Waals surface area contributed by atoms with Gasteiger partial charge in [-0.05, 0) is 72.3 Å². The lowest BCUT2D eigenvalue weighted by Gasteiger charge is -2.13. The molecule has 6 nitrogen and oxygen atoms in total. The highest BCUT2D eigenvalue weighted by atomic mass is 35.5. The fourth-order valence-electron chi connectivity index (χ4n) is 3.32. The molecule has 0 unspecified atom stereocenters. The monoisotopic (exact) mass is 527 g/mol. The molecule has 3 aromatic rings. The first-order valence-electron chi connectivity index (χ1n) is 10.4. The molecule has 35 heavy (non-hydrogen) atoms. The van der Waals surface area contributed by atoms with Crippen molar-refractivity contribution in [3.05, 3.63) is 97.9 Å². The summed E-state index contributed by atoms with van der Waals surface area (Å²) in [5.74, 6) is -0.437. The van der Waals surface area contributed by atoms with E-state index in [0.29, 0.717) is 32.5 Å². The number of nitrogens with zero attached hydrogens (tertiary/aromatic N) is 1. The van der Waals surface area contributed by atoms with Gasteiger partial charge in [0.1, 0.15) is 0 Å². The molecule has 1 saturated heterocycles. The minimum Gasteiger partial charge on any atom is -0.493 e. The van der Waals surface area contributed by atoms with Gasteiger partial charge in [-0.25, -0.2) is 4.79 Å². The molecule has 0 aliphatic carbocycles. The Morgan fingerprint density at radius 1 is 1.00 bits per heavy atom. The molecule has 0 radical (unpaired) electrons. The molecule has 4 rings (SSSR count). The first-order chi connectivity index (χ1) is 16.7. The average molecular weight is 528 g/mol. The molecule has 0 aromatic heterocycles. The van der Waals surface area contributed by atoms with Crippen LogP contribution in [0.25, 0.3) is 6.08 Å².